The molecular weight excluding hydrogens is 534 g/mol. The molecule has 2 N–H and O–H groups in total. The Morgan fingerprint density at radius 1 is 1.00 bits per heavy atom. The number of carbonyl (C=O) groups is 3. The van der Waals surface area contributed by atoms with Crippen molar-refractivity contribution in [3.05, 3.63) is 87.4 Å². The maximum absolute atomic E-state index is 12.7. The molecule has 0 bridgehead atoms. The van der Waals surface area contributed by atoms with Gasteiger partial charge in [0.15, 0.2) is 6.61 Å². The van der Waals surface area contributed by atoms with Gasteiger partial charge in [-0.2, -0.15) is 0 Å². The van der Waals surface area contributed by atoms with Crippen LogP contribution in [0.25, 0.3) is 0 Å². The van der Waals surface area contributed by atoms with Crippen molar-refractivity contribution >= 4 is 45.0 Å². The first-order valence-electron chi connectivity index (χ1n) is 12.1. The van der Waals surface area contributed by atoms with Gasteiger partial charge < -0.3 is 20.3 Å². The predicted molar refractivity (Wildman–Crippen MR) is 148 cm³/mol. The van der Waals surface area contributed by atoms with E-state index in [4.69, 9.17) is 4.74 Å². The van der Waals surface area contributed by atoms with E-state index in [1.807, 2.05) is 57.2 Å². The first-order chi connectivity index (χ1) is 17.7. The van der Waals surface area contributed by atoms with E-state index in [-0.39, 0.29) is 30.7 Å². The third-order valence-corrected chi connectivity index (χ3v) is 6.82. The molecule has 3 aromatic carbocycles. The van der Waals surface area contributed by atoms with Crippen LogP contribution >= 0.6 is 15.9 Å². The summed E-state index contributed by atoms with van der Waals surface area (Å²) in [6.45, 7) is 6.51. The van der Waals surface area contributed by atoms with Gasteiger partial charge in [-0.3, -0.25) is 14.4 Å². The molecule has 8 heteroatoms. The molecular formula is C29H30BrN3O4. The van der Waals surface area contributed by atoms with E-state index in [1.54, 1.807) is 29.2 Å². The van der Waals surface area contributed by atoms with Gasteiger partial charge >= 0.3 is 0 Å². The molecule has 0 spiro atoms. The lowest BCUT2D eigenvalue weighted by atomic mass is 10.1. The van der Waals surface area contributed by atoms with Gasteiger partial charge in [0.1, 0.15) is 5.75 Å². The van der Waals surface area contributed by atoms with Crippen LogP contribution in [0.1, 0.15) is 28.7 Å². The molecule has 0 unspecified atom stereocenters. The predicted octanol–water partition coefficient (Wildman–Crippen LogP) is 5.06. The van der Waals surface area contributed by atoms with Crippen LogP contribution in [-0.2, 0) is 20.9 Å². The normalized spacial score (nSPS) is 15.0. The van der Waals surface area contributed by atoms with Gasteiger partial charge in [0.25, 0.3) is 5.91 Å². The van der Waals surface area contributed by atoms with Gasteiger partial charge in [0.05, 0.1) is 5.92 Å². The van der Waals surface area contributed by atoms with Crippen molar-refractivity contribution < 1.29 is 19.1 Å². The minimum absolute atomic E-state index is 0.0937. The lowest BCUT2D eigenvalue weighted by molar-refractivity contribution is -0.126. The van der Waals surface area contributed by atoms with Crippen LogP contribution in [0.4, 0.5) is 11.4 Å². The quantitative estimate of drug-likeness (QED) is 0.401. The molecule has 37 heavy (non-hydrogen) atoms. The van der Waals surface area contributed by atoms with E-state index < -0.39 is 5.92 Å². The van der Waals surface area contributed by atoms with Crippen molar-refractivity contribution in [2.24, 2.45) is 5.92 Å². The van der Waals surface area contributed by atoms with Gasteiger partial charge in [-0.25, -0.2) is 0 Å². The molecule has 7 nitrogen and oxygen atoms in total. The average molecular weight is 564 g/mol. The highest BCUT2D eigenvalue weighted by molar-refractivity contribution is 9.10. The number of anilines is 2. The minimum atomic E-state index is -0.400. The third kappa shape index (κ3) is 6.77. The Labute approximate surface area is 225 Å². The molecule has 0 aromatic heterocycles. The summed E-state index contributed by atoms with van der Waals surface area (Å²) in [4.78, 5) is 39.3. The Bertz CT molecular complexity index is 1280. The standard InChI is InChI=1S/C29H30BrN3O4/c1-18-4-6-21(7-5-18)15-31-29(36)22-14-27(35)33(16-22)24-8-10-25(11-9-24)37-17-26(34)32-28-19(2)12-23(30)13-20(28)3/h4-13,22H,14-17H2,1-3H3,(H,31,36)(H,32,34)/t22-/m1/s1. The smallest absolute Gasteiger partial charge is 0.262 e. The maximum Gasteiger partial charge on any atom is 0.262 e. The topological polar surface area (TPSA) is 87.7 Å². The summed E-state index contributed by atoms with van der Waals surface area (Å²) in [7, 11) is 0. The molecule has 1 saturated heterocycles. The number of aryl methyl sites for hydroxylation is 3. The average Bonchev–Trinajstić information content (AvgIpc) is 3.26. The molecule has 0 saturated carbocycles. The van der Waals surface area contributed by atoms with Crippen LogP contribution < -0.4 is 20.3 Å². The largest absolute Gasteiger partial charge is 0.484 e. The Balaban J connectivity index is 1.28. The SMILES string of the molecule is Cc1ccc(CNC(=O)[C@@H]2CC(=O)N(c3ccc(OCC(=O)Nc4c(C)cc(Br)cc4C)cc3)C2)cc1. The Hall–Kier alpha value is -3.65. The number of nitrogens with one attached hydrogen (secondary N) is 2. The highest BCUT2D eigenvalue weighted by atomic mass is 79.9. The minimum Gasteiger partial charge on any atom is -0.484 e. The Morgan fingerprint density at radius 3 is 2.30 bits per heavy atom. The van der Waals surface area contributed by atoms with Crippen LogP contribution in [0, 0.1) is 26.7 Å². The van der Waals surface area contributed by atoms with Gasteiger partial charge in [-0.15, -0.1) is 0 Å². The number of nitrogens with zero attached hydrogens (tertiary/aromatic N) is 1. The van der Waals surface area contributed by atoms with Crippen molar-refractivity contribution in [3.8, 4) is 5.75 Å². The molecule has 1 fully saturated rings. The molecule has 0 aliphatic carbocycles. The summed E-state index contributed by atoms with van der Waals surface area (Å²) in [6, 6.07) is 18.8. The van der Waals surface area contributed by atoms with Crippen molar-refractivity contribution in [1.29, 1.82) is 0 Å². The fourth-order valence-electron chi connectivity index (χ4n) is 4.33. The van der Waals surface area contributed by atoms with E-state index in [0.29, 0.717) is 24.5 Å². The number of hydrogen-bond acceptors (Lipinski definition) is 4. The summed E-state index contributed by atoms with van der Waals surface area (Å²) in [5, 5.41) is 5.84. The molecule has 1 atom stereocenters. The van der Waals surface area contributed by atoms with Gasteiger partial charge in [0, 0.05) is 35.4 Å². The lowest BCUT2D eigenvalue weighted by Gasteiger charge is -2.17. The molecule has 3 amide bonds. The number of halogens is 1. The van der Waals surface area contributed by atoms with Crippen molar-refractivity contribution in [1.82, 2.24) is 5.32 Å². The van der Waals surface area contributed by atoms with Crippen LogP contribution in [0.3, 0.4) is 0 Å². The number of hydrogen-bond donors (Lipinski definition) is 2. The van der Waals surface area contributed by atoms with Gasteiger partial charge in [-0.05, 0) is 73.9 Å². The highest BCUT2D eigenvalue weighted by Crippen LogP contribution is 2.28. The van der Waals surface area contributed by atoms with Crippen LogP contribution in [0.2, 0.25) is 0 Å². The summed E-state index contributed by atoms with van der Waals surface area (Å²) >= 11 is 3.45. The van der Waals surface area contributed by atoms with E-state index in [9.17, 15) is 14.4 Å². The Kier molecular flexibility index (Phi) is 8.28. The zero-order valence-electron chi connectivity index (χ0n) is 21.1. The second-order valence-corrected chi connectivity index (χ2v) is 10.3. The number of amides is 3. The second-order valence-electron chi connectivity index (χ2n) is 9.35. The van der Waals surface area contributed by atoms with E-state index >= 15 is 0 Å². The Morgan fingerprint density at radius 2 is 1.65 bits per heavy atom. The molecule has 3 aromatic rings. The van der Waals surface area contributed by atoms with Crippen LogP contribution in [0.5, 0.6) is 5.75 Å². The zero-order valence-corrected chi connectivity index (χ0v) is 22.7. The number of rotatable bonds is 8. The van der Waals surface area contributed by atoms with Crippen LogP contribution in [-0.4, -0.2) is 30.9 Å². The van der Waals surface area contributed by atoms with E-state index in [0.717, 1.165) is 32.4 Å². The summed E-state index contributed by atoms with van der Waals surface area (Å²) in [5.74, 6) is -0.362. The lowest BCUT2D eigenvalue weighted by Crippen LogP contribution is -2.32. The molecule has 192 valence electrons. The second kappa shape index (κ2) is 11.6. The molecule has 0 radical (unpaired) electrons. The monoisotopic (exact) mass is 563 g/mol. The fraction of sp³-hybridized carbons (Fsp3) is 0.276. The number of carbonyl (C=O) groups excluding carboxylic acids is 3. The van der Waals surface area contributed by atoms with Gasteiger partial charge in [-0.1, -0.05) is 45.8 Å². The third-order valence-electron chi connectivity index (χ3n) is 6.36. The van der Waals surface area contributed by atoms with Crippen LogP contribution in [0.15, 0.2) is 65.1 Å². The van der Waals surface area contributed by atoms with Crippen molar-refractivity contribution in [2.45, 2.75) is 33.7 Å². The summed E-state index contributed by atoms with van der Waals surface area (Å²) in [5.41, 5.74) is 5.57. The molecule has 1 aliphatic rings. The van der Waals surface area contributed by atoms with E-state index in [2.05, 4.69) is 26.6 Å². The fourth-order valence-corrected chi connectivity index (χ4v) is 5.01. The van der Waals surface area contributed by atoms with Crippen molar-refractivity contribution in [2.75, 3.05) is 23.4 Å². The molecule has 1 aliphatic heterocycles. The maximum atomic E-state index is 12.7. The first-order valence-corrected chi connectivity index (χ1v) is 12.9. The zero-order chi connectivity index (χ0) is 26.5. The number of benzene rings is 3. The van der Waals surface area contributed by atoms with Crippen molar-refractivity contribution in [3.63, 3.8) is 0 Å². The first kappa shape index (κ1) is 26.4. The van der Waals surface area contributed by atoms with E-state index in [1.165, 1.54) is 0 Å². The highest BCUT2D eigenvalue weighted by Gasteiger charge is 2.35. The summed E-state index contributed by atoms with van der Waals surface area (Å²) < 4.78 is 6.60. The van der Waals surface area contributed by atoms with Gasteiger partial charge in [0.2, 0.25) is 11.8 Å². The summed E-state index contributed by atoms with van der Waals surface area (Å²) in [6.07, 6.45) is 0.174. The molecule has 1 heterocycles. The number of ether oxygens (including phenoxy) is 1. The molecule has 4 rings (SSSR count).